The van der Waals surface area contributed by atoms with Crippen molar-refractivity contribution in [2.45, 2.75) is 25.4 Å². The Kier molecular flexibility index (Phi) is 5.72. The number of para-hydroxylation sites is 2. The van der Waals surface area contributed by atoms with Crippen molar-refractivity contribution in [3.8, 4) is 11.5 Å². The van der Waals surface area contributed by atoms with Crippen molar-refractivity contribution in [1.82, 2.24) is 4.90 Å². The highest BCUT2D eigenvalue weighted by Crippen LogP contribution is 2.44. The molecule has 3 aromatic rings. The molecule has 0 saturated carbocycles. The van der Waals surface area contributed by atoms with Crippen LogP contribution in [0.3, 0.4) is 0 Å². The zero-order valence-corrected chi connectivity index (χ0v) is 17.6. The fourth-order valence-electron chi connectivity index (χ4n) is 4.68. The van der Waals surface area contributed by atoms with Crippen molar-refractivity contribution in [2.75, 3.05) is 19.7 Å². The van der Waals surface area contributed by atoms with Crippen LogP contribution in [-0.4, -0.2) is 30.5 Å². The van der Waals surface area contributed by atoms with Crippen molar-refractivity contribution in [3.05, 3.63) is 95.6 Å². The van der Waals surface area contributed by atoms with E-state index in [1.165, 1.54) is 5.56 Å². The first-order valence-electron chi connectivity index (χ1n) is 11.1. The molecule has 0 spiro atoms. The molecule has 5 rings (SSSR count). The summed E-state index contributed by atoms with van der Waals surface area (Å²) in [6.07, 6.45) is 2.11. The maximum atomic E-state index is 13.7. The number of rotatable bonds is 5. The van der Waals surface area contributed by atoms with Gasteiger partial charge in [-0.3, -0.25) is 4.79 Å². The number of carbonyl (C=O) groups is 1. The minimum absolute atomic E-state index is 0.163. The predicted molar refractivity (Wildman–Crippen MR) is 120 cm³/mol. The van der Waals surface area contributed by atoms with E-state index < -0.39 is 0 Å². The molecule has 1 atom stereocenters. The van der Waals surface area contributed by atoms with Gasteiger partial charge in [0.1, 0.15) is 11.5 Å². The Morgan fingerprint density at radius 2 is 1.55 bits per heavy atom. The predicted octanol–water partition coefficient (Wildman–Crippen LogP) is 5.38. The van der Waals surface area contributed by atoms with E-state index in [1.807, 2.05) is 71.6 Å². The van der Waals surface area contributed by atoms with Crippen molar-refractivity contribution in [1.29, 1.82) is 0 Å². The van der Waals surface area contributed by atoms with Crippen LogP contribution in [0.1, 0.15) is 35.4 Å². The maximum Gasteiger partial charge on any atom is 0.234 e. The molecule has 1 amide bonds. The van der Waals surface area contributed by atoms with Crippen LogP contribution in [0, 0.1) is 5.92 Å². The second kappa shape index (κ2) is 8.94. The minimum Gasteiger partial charge on any atom is -0.457 e. The van der Waals surface area contributed by atoms with E-state index in [2.05, 4.69) is 12.1 Å². The van der Waals surface area contributed by atoms with Gasteiger partial charge in [-0.2, -0.15) is 0 Å². The van der Waals surface area contributed by atoms with Crippen LogP contribution in [0.5, 0.6) is 11.5 Å². The first-order valence-corrected chi connectivity index (χ1v) is 11.1. The van der Waals surface area contributed by atoms with Gasteiger partial charge in [0.2, 0.25) is 5.91 Å². The summed E-state index contributed by atoms with van der Waals surface area (Å²) in [4.78, 5) is 15.8. The summed E-state index contributed by atoms with van der Waals surface area (Å²) in [5.74, 6) is 1.77. The number of ether oxygens (including phenoxy) is 2. The number of carbonyl (C=O) groups excluding carboxylic acids is 1. The molecule has 0 bridgehead atoms. The Bertz CT molecular complexity index is 1000. The van der Waals surface area contributed by atoms with Gasteiger partial charge in [0.25, 0.3) is 0 Å². The summed E-state index contributed by atoms with van der Waals surface area (Å²) >= 11 is 0. The molecular formula is C27H27NO3. The Morgan fingerprint density at radius 3 is 2.26 bits per heavy atom. The monoisotopic (exact) mass is 413 g/mol. The number of amides is 1. The van der Waals surface area contributed by atoms with Gasteiger partial charge in [-0.15, -0.1) is 0 Å². The zero-order chi connectivity index (χ0) is 21.0. The average molecular weight is 414 g/mol. The SMILES string of the molecule is O=C(C1c2ccccc2Oc2ccccc21)N1CCCC(COCc2ccccc2)C1. The van der Waals surface area contributed by atoms with Gasteiger partial charge in [0.05, 0.1) is 19.1 Å². The van der Waals surface area contributed by atoms with Crippen LogP contribution >= 0.6 is 0 Å². The molecule has 0 radical (unpaired) electrons. The van der Waals surface area contributed by atoms with Gasteiger partial charge in [-0.25, -0.2) is 0 Å². The van der Waals surface area contributed by atoms with Crippen LogP contribution < -0.4 is 4.74 Å². The van der Waals surface area contributed by atoms with Crippen molar-refractivity contribution in [2.24, 2.45) is 5.92 Å². The number of hydrogen-bond donors (Lipinski definition) is 0. The number of nitrogens with zero attached hydrogens (tertiary/aromatic N) is 1. The van der Waals surface area contributed by atoms with Gasteiger partial charge < -0.3 is 14.4 Å². The number of likely N-dealkylation sites (tertiary alicyclic amines) is 1. The zero-order valence-electron chi connectivity index (χ0n) is 17.6. The van der Waals surface area contributed by atoms with E-state index in [0.29, 0.717) is 19.1 Å². The van der Waals surface area contributed by atoms with Crippen LogP contribution in [0.4, 0.5) is 0 Å². The molecule has 2 aliphatic heterocycles. The first-order chi connectivity index (χ1) is 15.3. The van der Waals surface area contributed by atoms with E-state index in [4.69, 9.17) is 9.47 Å². The molecule has 4 nitrogen and oxygen atoms in total. The molecule has 2 heterocycles. The van der Waals surface area contributed by atoms with Crippen molar-refractivity contribution >= 4 is 5.91 Å². The lowest BCUT2D eigenvalue weighted by molar-refractivity contribution is -0.134. The minimum atomic E-state index is -0.315. The van der Waals surface area contributed by atoms with Gasteiger partial charge in [-0.05, 0) is 36.5 Å². The van der Waals surface area contributed by atoms with Gasteiger partial charge >= 0.3 is 0 Å². The van der Waals surface area contributed by atoms with Gasteiger partial charge in [0.15, 0.2) is 0 Å². The summed E-state index contributed by atoms with van der Waals surface area (Å²) in [6, 6.07) is 26.0. The topological polar surface area (TPSA) is 38.8 Å². The highest BCUT2D eigenvalue weighted by Gasteiger charge is 2.36. The fourth-order valence-corrected chi connectivity index (χ4v) is 4.68. The molecule has 31 heavy (non-hydrogen) atoms. The summed E-state index contributed by atoms with van der Waals surface area (Å²) in [5, 5.41) is 0. The lowest BCUT2D eigenvalue weighted by Crippen LogP contribution is -2.44. The van der Waals surface area contributed by atoms with Crippen LogP contribution in [0.2, 0.25) is 0 Å². The third-order valence-electron chi connectivity index (χ3n) is 6.22. The largest absolute Gasteiger partial charge is 0.457 e. The van der Waals surface area contributed by atoms with Crippen LogP contribution in [-0.2, 0) is 16.1 Å². The summed E-state index contributed by atoms with van der Waals surface area (Å²) in [6.45, 7) is 2.84. The Hall–Kier alpha value is -3.11. The third kappa shape index (κ3) is 4.21. The van der Waals surface area contributed by atoms with Gasteiger partial charge in [-0.1, -0.05) is 66.7 Å². The quantitative estimate of drug-likeness (QED) is 0.564. The standard InChI is InChI=1S/C27H27NO3/c29-27(26-22-12-4-6-14-24(22)31-25-15-7-5-13-23(25)26)28-16-8-11-21(17-28)19-30-18-20-9-2-1-3-10-20/h1-7,9-10,12-15,21,26H,8,11,16-19H2. The summed E-state index contributed by atoms with van der Waals surface area (Å²) < 4.78 is 12.1. The van der Waals surface area contributed by atoms with E-state index in [1.54, 1.807) is 0 Å². The Labute approximate surface area is 183 Å². The molecule has 1 saturated heterocycles. The Balaban J connectivity index is 1.30. The lowest BCUT2D eigenvalue weighted by Gasteiger charge is -2.36. The molecule has 158 valence electrons. The average Bonchev–Trinajstić information content (AvgIpc) is 2.83. The molecular weight excluding hydrogens is 386 g/mol. The number of fused-ring (bicyclic) bond motifs is 2. The van der Waals surface area contributed by atoms with Crippen molar-refractivity contribution < 1.29 is 14.3 Å². The lowest BCUT2D eigenvalue weighted by atomic mass is 9.86. The maximum absolute atomic E-state index is 13.7. The molecule has 1 unspecified atom stereocenters. The number of piperidine rings is 1. The molecule has 0 aromatic heterocycles. The molecule has 0 N–H and O–H groups in total. The van der Waals surface area contributed by atoms with Crippen LogP contribution in [0.15, 0.2) is 78.9 Å². The second-order valence-corrected chi connectivity index (χ2v) is 8.40. The number of hydrogen-bond acceptors (Lipinski definition) is 3. The highest BCUT2D eigenvalue weighted by molar-refractivity contribution is 5.89. The molecule has 4 heteroatoms. The number of benzene rings is 3. The summed E-state index contributed by atoms with van der Waals surface area (Å²) in [5.41, 5.74) is 3.09. The molecule has 1 fully saturated rings. The van der Waals surface area contributed by atoms with Gasteiger partial charge in [0, 0.05) is 24.2 Å². The summed E-state index contributed by atoms with van der Waals surface area (Å²) in [7, 11) is 0. The van der Waals surface area contributed by atoms with E-state index in [0.717, 1.165) is 48.6 Å². The van der Waals surface area contributed by atoms with E-state index in [9.17, 15) is 4.79 Å². The highest BCUT2D eigenvalue weighted by atomic mass is 16.5. The normalized spacial score (nSPS) is 18.1. The Morgan fingerprint density at radius 1 is 0.903 bits per heavy atom. The molecule has 0 aliphatic carbocycles. The van der Waals surface area contributed by atoms with Crippen LogP contribution in [0.25, 0.3) is 0 Å². The smallest absolute Gasteiger partial charge is 0.234 e. The van der Waals surface area contributed by atoms with E-state index in [-0.39, 0.29) is 11.8 Å². The third-order valence-corrected chi connectivity index (χ3v) is 6.22. The van der Waals surface area contributed by atoms with E-state index >= 15 is 0 Å². The first kappa shape index (κ1) is 19.8. The fraction of sp³-hybridized carbons (Fsp3) is 0.296. The second-order valence-electron chi connectivity index (χ2n) is 8.40. The molecule has 2 aliphatic rings. The van der Waals surface area contributed by atoms with Crippen molar-refractivity contribution in [3.63, 3.8) is 0 Å². The molecule has 3 aromatic carbocycles.